The van der Waals surface area contributed by atoms with Crippen LogP contribution in [0.4, 0.5) is 14.9 Å². The number of carbonyl (C=O) groups is 2. The first kappa shape index (κ1) is 15.1. The lowest BCUT2D eigenvalue weighted by molar-refractivity contribution is -0.140. The topological polar surface area (TPSA) is 52.7 Å². The van der Waals surface area contributed by atoms with Crippen LogP contribution in [0.25, 0.3) is 0 Å². The summed E-state index contributed by atoms with van der Waals surface area (Å²) in [4.78, 5) is 28.1. The third-order valence-corrected chi connectivity index (χ3v) is 4.61. The molecule has 2 heterocycles. The molecule has 0 bridgehead atoms. The highest BCUT2D eigenvalue weighted by molar-refractivity contribution is 6.31. The number of rotatable bonds is 1. The average molecular weight is 326 g/mol. The van der Waals surface area contributed by atoms with Crippen LogP contribution in [0.5, 0.6) is 0 Å². The molecule has 2 atom stereocenters. The molecule has 22 heavy (non-hydrogen) atoms. The largest absolute Gasteiger partial charge is 0.336 e. The molecule has 0 radical (unpaired) electrons. The minimum absolute atomic E-state index is 0.0129. The van der Waals surface area contributed by atoms with Crippen molar-refractivity contribution in [3.8, 4) is 0 Å². The van der Waals surface area contributed by atoms with E-state index in [9.17, 15) is 14.0 Å². The van der Waals surface area contributed by atoms with Gasteiger partial charge in [-0.15, -0.1) is 0 Å². The van der Waals surface area contributed by atoms with Gasteiger partial charge in [-0.1, -0.05) is 11.6 Å². The normalized spacial score (nSPS) is 24.4. The minimum atomic E-state index is -0.539. The fourth-order valence-electron chi connectivity index (χ4n) is 3.10. The van der Waals surface area contributed by atoms with E-state index >= 15 is 0 Å². The Bertz CT molecular complexity index is 625. The Balaban J connectivity index is 1.73. The van der Waals surface area contributed by atoms with E-state index < -0.39 is 11.9 Å². The van der Waals surface area contributed by atoms with E-state index in [4.69, 9.17) is 11.6 Å². The van der Waals surface area contributed by atoms with E-state index in [2.05, 4.69) is 5.32 Å². The monoisotopic (exact) mass is 325 g/mol. The summed E-state index contributed by atoms with van der Waals surface area (Å²) in [5.74, 6) is -0.552. The first-order valence-electron chi connectivity index (χ1n) is 7.30. The van der Waals surface area contributed by atoms with Crippen molar-refractivity contribution in [1.29, 1.82) is 0 Å². The van der Waals surface area contributed by atoms with Crippen LogP contribution in [-0.4, -0.2) is 46.9 Å². The second-order valence-corrected chi connectivity index (χ2v) is 6.12. The van der Waals surface area contributed by atoms with Gasteiger partial charge in [0.1, 0.15) is 11.9 Å². The van der Waals surface area contributed by atoms with E-state index in [1.54, 1.807) is 6.92 Å². The van der Waals surface area contributed by atoms with E-state index in [1.807, 2.05) is 4.90 Å². The first-order chi connectivity index (χ1) is 10.5. The summed E-state index contributed by atoms with van der Waals surface area (Å²) in [5, 5.41) is 2.62. The predicted octanol–water partition coefficient (Wildman–Crippen LogP) is 2.71. The van der Waals surface area contributed by atoms with Gasteiger partial charge in [0.15, 0.2) is 0 Å². The Hall–Kier alpha value is -1.82. The summed E-state index contributed by atoms with van der Waals surface area (Å²) in [7, 11) is 0. The Labute approximate surface area is 133 Å². The van der Waals surface area contributed by atoms with Crippen molar-refractivity contribution in [1.82, 2.24) is 9.80 Å². The lowest BCUT2D eigenvalue weighted by atomic mass is 10.1. The summed E-state index contributed by atoms with van der Waals surface area (Å²) < 4.78 is 13.1. The standard InChI is InChI=1S/C15H17ClFN3O2/c1-9-14(21)19-6-2-3-11(19)8-20(9)15(22)18-10-4-5-13(17)12(16)7-10/h4-5,7,9,11H,2-3,6,8H2,1H3,(H,18,22)/t9-,11-/m1/s1. The third-order valence-electron chi connectivity index (χ3n) is 4.32. The van der Waals surface area contributed by atoms with E-state index in [1.165, 1.54) is 23.1 Å². The molecule has 3 rings (SSSR count). The highest BCUT2D eigenvalue weighted by Crippen LogP contribution is 2.26. The van der Waals surface area contributed by atoms with E-state index in [0.717, 1.165) is 19.4 Å². The molecule has 2 saturated heterocycles. The zero-order chi connectivity index (χ0) is 15.9. The second kappa shape index (κ2) is 5.76. The number of urea groups is 1. The molecule has 3 amide bonds. The van der Waals surface area contributed by atoms with E-state index in [0.29, 0.717) is 12.2 Å². The van der Waals surface area contributed by atoms with Crippen LogP contribution in [0.15, 0.2) is 18.2 Å². The molecule has 1 aromatic carbocycles. The molecule has 0 spiro atoms. The number of amides is 3. The van der Waals surface area contributed by atoms with Gasteiger partial charge >= 0.3 is 6.03 Å². The highest BCUT2D eigenvalue weighted by atomic mass is 35.5. The van der Waals surface area contributed by atoms with Crippen LogP contribution in [0.2, 0.25) is 5.02 Å². The summed E-state index contributed by atoms with van der Waals surface area (Å²) >= 11 is 5.71. The lowest BCUT2D eigenvalue weighted by Gasteiger charge is -2.41. The third kappa shape index (κ3) is 2.63. The summed E-state index contributed by atoms with van der Waals surface area (Å²) in [6.45, 7) is 3.03. The summed E-state index contributed by atoms with van der Waals surface area (Å²) in [6.07, 6.45) is 1.90. The lowest BCUT2D eigenvalue weighted by Crippen LogP contribution is -2.60. The van der Waals surface area contributed by atoms with Gasteiger partial charge in [-0.05, 0) is 38.0 Å². The minimum Gasteiger partial charge on any atom is -0.336 e. The number of hydrogen-bond acceptors (Lipinski definition) is 2. The van der Waals surface area contributed by atoms with Crippen molar-refractivity contribution in [2.45, 2.75) is 31.8 Å². The van der Waals surface area contributed by atoms with Crippen LogP contribution in [0.1, 0.15) is 19.8 Å². The zero-order valence-electron chi connectivity index (χ0n) is 12.2. The maximum atomic E-state index is 13.1. The van der Waals surface area contributed by atoms with Crippen molar-refractivity contribution in [3.63, 3.8) is 0 Å². The van der Waals surface area contributed by atoms with Crippen molar-refractivity contribution >= 4 is 29.2 Å². The number of benzene rings is 1. The molecule has 1 N–H and O–H groups in total. The van der Waals surface area contributed by atoms with Crippen LogP contribution in [0, 0.1) is 5.82 Å². The molecule has 2 aliphatic heterocycles. The number of anilines is 1. The second-order valence-electron chi connectivity index (χ2n) is 5.72. The maximum Gasteiger partial charge on any atom is 0.322 e. The van der Waals surface area contributed by atoms with Gasteiger partial charge < -0.3 is 15.1 Å². The molecule has 0 unspecified atom stereocenters. The fraction of sp³-hybridized carbons (Fsp3) is 0.467. The Morgan fingerprint density at radius 1 is 1.45 bits per heavy atom. The van der Waals surface area contributed by atoms with Gasteiger partial charge in [0, 0.05) is 24.8 Å². The molecular formula is C15H17ClFN3O2. The zero-order valence-corrected chi connectivity index (χ0v) is 12.9. The fourth-order valence-corrected chi connectivity index (χ4v) is 3.28. The molecule has 0 aliphatic carbocycles. The number of hydrogen-bond donors (Lipinski definition) is 1. The van der Waals surface area contributed by atoms with Gasteiger partial charge in [-0.2, -0.15) is 0 Å². The number of carbonyl (C=O) groups excluding carboxylic acids is 2. The van der Waals surface area contributed by atoms with E-state index in [-0.39, 0.29) is 23.0 Å². The molecular weight excluding hydrogens is 309 g/mol. The SMILES string of the molecule is C[C@@H]1C(=O)N2CCC[C@@H]2CN1C(=O)Nc1ccc(F)c(Cl)c1. The number of nitrogens with one attached hydrogen (secondary N) is 1. The molecule has 2 fully saturated rings. The van der Waals surface area contributed by atoms with Crippen LogP contribution < -0.4 is 5.32 Å². The quantitative estimate of drug-likeness (QED) is 0.863. The van der Waals surface area contributed by atoms with Crippen LogP contribution >= 0.6 is 11.6 Å². The van der Waals surface area contributed by atoms with Gasteiger partial charge in [0.05, 0.1) is 5.02 Å². The average Bonchev–Trinajstić information content (AvgIpc) is 2.95. The maximum absolute atomic E-state index is 13.1. The van der Waals surface area contributed by atoms with Gasteiger partial charge in [-0.3, -0.25) is 4.79 Å². The molecule has 0 saturated carbocycles. The molecule has 1 aromatic rings. The molecule has 118 valence electrons. The predicted molar refractivity (Wildman–Crippen MR) is 81.3 cm³/mol. The molecule has 2 aliphatic rings. The van der Waals surface area contributed by atoms with Crippen molar-refractivity contribution in [3.05, 3.63) is 29.0 Å². The summed E-state index contributed by atoms with van der Waals surface area (Å²) in [5.41, 5.74) is 0.407. The Kier molecular flexibility index (Phi) is 3.95. The van der Waals surface area contributed by atoms with Crippen LogP contribution in [-0.2, 0) is 4.79 Å². The molecule has 0 aromatic heterocycles. The van der Waals surface area contributed by atoms with Crippen molar-refractivity contribution in [2.75, 3.05) is 18.4 Å². The van der Waals surface area contributed by atoms with Gasteiger partial charge in [0.2, 0.25) is 5.91 Å². The van der Waals surface area contributed by atoms with Crippen molar-refractivity contribution in [2.24, 2.45) is 0 Å². The Morgan fingerprint density at radius 2 is 2.23 bits per heavy atom. The highest BCUT2D eigenvalue weighted by Gasteiger charge is 2.42. The number of fused-ring (bicyclic) bond motifs is 1. The first-order valence-corrected chi connectivity index (χ1v) is 7.68. The van der Waals surface area contributed by atoms with Gasteiger partial charge in [0.25, 0.3) is 0 Å². The van der Waals surface area contributed by atoms with Gasteiger partial charge in [-0.25, -0.2) is 9.18 Å². The van der Waals surface area contributed by atoms with Crippen molar-refractivity contribution < 1.29 is 14.0 Å². The molecule has 5 nitrogen and oxygen atoms in total. The smallest absolute Gasteiger partial charge is 0.322 e. The van der Waals surface area contributed by atoms with Crippen LogP contribution in [0.3, 0.4) is 0 Å². The Morgan fingerprint density at radius 3 is 2.95 bits per heavy atom. The summed E-state index contributed by atoms with van der Waals surface area (Å²) in [6, 6.07) is 3.23. The molecule has 7 heteroatoms. The number of piperazine rings is 1. The number of nitrogens with zero attached hydrogens (tertiary/aromatic N) is 2. The number of halogens is 2.